The van der Waals surface area contributed by atoms with E-state index in [-0.39, 0.29) is 50.9 Å². The van der Waals surface area contributed by atoms with Gasteiger partial charge in [-0.3, -0.25) is 19.3 Å². The van der Waals surface area contributed by atoms with Crippen molar-refractivity contribution in [1.29, 1.82) is 0 Å². The summed E-state index contributed by atoms with van der Waals surface area (Å²) in [7, 11) is 2.94. The van der Waals surface area contributed by atoms with Gasteiger partial charge in [-0.15, -0.1) is 0 Å². The highest BCUT2D eigenvalue weighted by Gasteiger charge is 2.42. The number of halogens is 3. The number of pyridine rings is 1. The van der Waals surface area contributed by atoms with Crippen LogP contribution >= 0.6 is 11.6 Å². The SMILES string of the molecule is CCOC(=O)C1CN(C2CCc3cc(-c4ccc(F)c(-c5c(F)ccc(NC(=O)c6ccnn(C)c6=O)c5C)c4Cl)nc(OC)c32)C1. The molecular formula is C34H32ClF2N5O5. The molecule has 6 rings (SSSR count). The van der Waals surface area contributed by atoms with Crippen LogP contribution in [0.5, 0.6) is 5.88 Å². The lowest BCUT2D eigenvalue weighted by atomic mass is 9.94. The highest BCUT2D eigenvalue weighted by molar-refractivity contribution is 6.36. The average molecular weight is 664 g/mol. The molecule has 1 atom stereocenters. The number of benzene rings is 2. The van der Waals surface area contributed by atoms with Crippen molar-refractivity contribution in [3.8, 4) is 28.3 Å². The summed E-state index contributed by atoms with van der Waals surface area (Å²) >= 11 is 6.87. The van der Waals surface area contributed by atoms with Crippen molar-refractivity contribution in [2.24, 2.45) is 13.0 Å². The number of ether oxygens (including phenoxy) is 2. The van der Waals surface area contributed by atoms with Gasteiger partial charge in [0.25, 0.3) is 11.5 Å². The summed E-state index contributed by atoms with van der Waals surface area (Å²) in [6, 6.07) is 8.31. The first-order chi connectivity index (χ1) is 22.5. The molecule has 2 aromatic heterocycles. The Labute approximate surface area is 274 Å². The lowest BCUT2D eigenvalue weighted by Gasteiger charge is -2.42. The number of nitrogens with one attached hydrogen (secondary N) is 1. The molecule has 0 radical (unpaired) electrons. The molecule has 1 saturated heterocycles. The van der Waals surface area contributed by atoms with E-state index in [1.807, 2.05) is 6.07 Å². The Morgan fingerprint density at radius 3 is 2.55 bits per heavy atom. The number of aryl methyl sites for hydroxylation is 2. The maximum atomic E-state index is 15.6. The molecule has 1 unspecified atom stereocenters. The molecule has 0 spiro atoms. The molecule has 47 heavy (non-hydrogen) atoms. The van der Waals surface area contributed by atoms with Crippen LogP contribution in [0.4, 0.5) is 14.5 Å². The highest BCUT2D eigenvalue weighted by Crippen LogP contribution is 2.47. The first-order valence-electron chi connectivity index (χ1n) is 15.1. The van der Waals surface area contributed by atoms with Crippen molar-refractivity contribution in [3.63, 3.8) is 0 Å². The summed E-state index contributed by atoms with van der Waals surface area (Å²) in [6.07, 6.45) is 2.85. The fraction of sp³-hybridized carbons (Fsp3) is 0.324. The number of aromatic nitrogens is 3. The quantitative estimate of drug-likeness (QED) is 0.246. The maximum Gasteiger partial charge on any atom is 0.311 e. The fourth-order valence-corrected chi connectivity index (χ4v) is 6.73. The van der Waals surface area contributed by atoms with Crippen molar-refractivity contribution in [2.45, 2.75) is 32.7 Å². The Morgan fingerprint density at radius 2 is 1.83 bits per heavy atom. The predicted octanol–water partition coefficient (Wildman–Crippen LogP) is 5.49. The van der Waals surface area contributed by atoms with Crippen LogP contribution < -0.4 is 15.6 Å². The van der Waals surface area contributed by atoms with E-state index < -0.39 is 23.1 Å². The Kier molecular flexibility index (Phi) is 8.82. The smallest absolute Gasteiger partial charge is 0.311 e. The Balaban J connectivity index is 1.34. The third-order valence-corrected chi connectivity index (χ3v) is 9.22. The second-order valence-corrected chi connectivity index (χ2v) is 11.9. The minimum absolute atomic E-state index is 0.0217. The van der Waals surface area contributed by atoms with Gasteiger partial charge in [-0.1, -0.05) is 11.6 Å². The number of likely N-dealkylation sites (tertiary alicyclic amines) is 1. The van der Waals surface area contributed by atoms with Crippen LogP contribution in [-0.2, 0) is 23.0 Å². The number of anilines is 1. The first kappa shape index (κ1) is 32.3. The Morgan fingerprint density at radius 1 is 1.11 bits per heavy atom. The summed E-state index contributed by atoms with van der Waals surface area (Å²) in [6.45, 7) is 4.84. The molecule has 1 fully saturated rings. The van der Waals surface area contributed by atoms with Gasteiger partial charge in [0.15, 0.2) is 0 Å². The number of fused-ring (bicyclic) bond motifs is 1. The lowest BCUT2D eigenvalue weighted by molar-refractivity contribution is -0.155. The summed E-state index contributed by atoms with van der Waals surface area (Å²) < 4.78 is 43.0. The van der Waals surface area contributed by atoms with Gasteiger partial charge in [0.05, 0.1) is 30.4 Å². The van der Waals surface area contributed by atoms with Crippen LogP contribution in [0, 0.1) is 24.5 Å². The third kappa shape index (κ3) is 5.76. The number of esters is 1. The largest absolute Gasteiger partial charge is 0.481 e. The fourth-order valence-electron chi connectivity index (χ4n) is 6.39. The van der Waals surface area contributed by atoms with E-state index in [2.05, 4.69) is 15.3 Å². The van der Waals surface area contributed by atoms with Crippen LogP contribution in [0.15, 0.2) is 47.4 Å². The van der Waals surface area contributed by atoms with Crippen LogP contribution in [0.3, 0.4) is 0 Å². The standard InChI is InChI=1S/C34H32ClF2N5O5/c1-5-47-34(45)19-15-42(16-19)26-11-6-18-14-25(40-32(46-4)28(18)26)20-7-8-23(37)29(30(20)35)27-17(2)24(10-9-22(27)36)39-31(43)21-12-13-38-41(3)33(21)44/h7-10,12-14,19,26H,5-6,11,15-16H2,1-4H3,(H,39,43). The van der Waals surface area contributed by atoms with Gasteiger partial charge >= 0.3 is 5.97 Å². The van der Waals surface area contributed by atoms with Crippen molar-refractivity contribution >= 4 is 29.2 Å². The molecule has 3 heterocycles. The Hall–Kier alpha value is -4.68. The van der Waals surface area contributed by atoms with E-state index in [9.17, 15) is 14.4 Å². The van der Waals surface area contributed by atoms with E-state index in [1.54, 1.807) is 6.92 Å². The van der Waals surface area contributed by atoms with Gasteiger partial charge in [-0.2, -0.15) is 5.10 Å². The van der Waals surface area contributed by atoms with Gasteiger partial charge in [-0.05, 0) is 74.2 Å². The minimum Gasteiger partial charge on any atom is -0.481 e. The molecule has 2 aromatic carbocycles. The normalized spacial score (nSPS) is 16.0. The van der Waals surface area contributed by atoms with Crippen LogP contribution in [0.2, 0.25) is 5.02 Å². The van der Waals surface area contributed by atoms with Gasteiger partial charge in [0.2, 0.25) is 5.88 Å². The third-order valence-electron chi connectivity index (χ3n) is 8.82. The van der Waals surface area contributed by atoms with Crippen molar-refractivity contribution in [2.75, 3.05) is 32.1 Å². The number of amides is 1. The summed E-state index contributed by atoms with van der Waals surface area (Å²) in [5.74, 6) is -2.20. The minimum atomic E-state index is -0.769. The number of methoxy groups -OCH3 is 1. The van der Waals surface area contributed by atoms with E-state index in [4.69, 9.17) is 26.1 Å². The van der Waals surface area contributed by atoms with Crippen LogP contribution in [-0.4, -0.2) is 58.3 Å². The molecule has 0 saturated carbocycles. The predicted molar refractivity (Wildman–Crippen MR) is 172 cm³/mol. The summed E-state index contributed by atoms with van der Waals surface area (Å²) in [4.78, 5) is 44.5. The number of carbonyl (C=O) groups excluding carboxylic acids is 2. The van der Waals surface area contributed by atoms with Gasteiger partial charge in [0, 0.05) is 60.3 Å². The summed E-state index contributed by atoms with van der Waals surface area (Å²) in [5, 5.41) is 6.37. The Bertz CT molecular complexity index is 1980. The molecule has 2 aliphatic rings. The molecular weight excluding hydrogens is 632 g/mol. The zero-order valence-corrected chi connectivity index (χ0v) is 27.0. The molecule has 1 amide bonds. The topological polar surface area (TPSA) is 116 Å². The first-order valence-corrected chi connectivity index (χ1v) is 15.5. The average Bonchev–Trinajstić information content (AvgIpc) is 3.44. The molecule has 4 aromatic rings. The van der Waals surface area contributed by atoms with Crippen molar-refractivity contribution in [1.82, 2.24) is 19.7 Å². The molecule has 0 bridgehead atoms. The number of rotatable bonds is 8. The number of hydrogen-bond acceptors (Lipinski definition) is 8. The number of nitrogens with zero attached hydrogens (tertiary/aromatic N) is 4. The van der Waals surface area contributed by atoms with Gasteiger partial charge < -0.3 is 14.8 Å². The molecule has 1 aliphatic carbocycles. The van der Waals surface area contributed by atoms with E-state index >= 15 is 8.78 Å². The van der Waals surface area contributed by atoms with Crippen molar-refractivity contribution in [3.05, 3.63) is 91.9 Å². The van der Waals surface area contributed by atoms with Crippen LogP contribution in [0.1, 0.15) is 46.4 Å². The molecule has 1 N–H and O–H groups in total. The van der Waals surface area contributed by atoms with Crippen molar-refractivity contribution < 1.29 is 27.8 Å². The number of carbonyl (C=O) groups is 2. The summed E-state index contributed by atoms with van der Waals surface area (Å²) in [5.41, 5.74) is 2.00. The zero-order valence-electron chi connectivity index (χ0n) is 26.2. The van der Waals surface area contributed by atoms with Gasteiger partial charge in [0.1, 0.15) is 17.2 Å². The molecule has 10 nitrogen and oxygen atoms in total. The lowest BCUT2D eigenvalue weighted by Crippen LogP contribution is -2.51. The highest BCUT2D eigenvalue weighted by atomic mass is 35.5. The molecule has 13 heteroatoms. The number of hydrogen-bond donors (Lipinski definition) is 1. The maximum absolute atomic E-state index is 15.6. The van der Waals surface area contributed by atoms with E-state index in [1.165, 1.54) is 51.5 Å². The van der Waals surface area contributed by atoms with Crippen LogP contribution in [0.25, 0.3) is 22.4 Å². The zero-order chi connectivity index (χ0) is 33.6. The van der Waals surface area contributed by atoms with Gasteiger partial charge in [-0.25, -0.2) is 18.4 Å². The molecule has 244 valence electrons. The van der Waals surface area contributed by atoms with E-state index in [0.29, 0.717) is 36.8 Å². The second kappa shape index (κ2) is 12.8. The monoisotopic (exact) mass is 663 g/mol. The second-order valence-electron chi connectivity index (χ2n) is 11.6. The molecule has 1 aliphatic heterocycles. The van der Waals surface area contributed by atoms with E-state index in [0.717, 1.165) is 34.7 Å².